The second kappa shape index (κ2) is 8.21. The first-order valence-corrected chi connectivity index (χ1v) is 8.27. The van der Waals surface area contributed by atoms with E-state index in [0.717, 1.165) is 12.8 Å². The van der Waals surface area contributed by atoms with Crippen molar-refractivity contribution in [1.82, 2.24) is 20.0 Å². The highest BCUT2D eigenvalue weighted by Crippen LogP contribution is 2.27. The third-order valence-corrected chi connectivity index (χ3v) is 4.23. The molecule has 3 rings (SSSR count). The van der Waals surface area contributed by atoms with Gasteiger partial charge in [0.05, 0.1) is 18.9 Å². The molecule has 0 aromatic carbocycles. The smallest absolute Gasteiger partial charge is 0.291 e. The van der Waals surface area contributed by atoms with Gasteiger partial charge in [0, 0.05) is 26.1 Å². The van der Waals surface area contributed by atoms with Crippen LogP contribution in [0.4, 0.5) is 0 Å². The summed E-state index contributed by atoms with van der Waals surface area (Å²) < 4.78 is 20.7. The number of aromatic nitrogens is 3. The number of hydrogen-bond donors (Lipinski definition) is 0. The van der Waals surface area contributed by atoms with Crippen molar-refractivity contribution >= 4 is 5.91 Å². The van der Waals surface area contributed by atoms with Crippen molar-refractivity contribution in [3.05, 3.63) is 29.6 Å². The molecular formula is C16H22N4O5. The van der Waals surface area contributed by atoms with Gasteiger partial charge in [-0.1, -0.05) is 5.16 Å². The van der Waals surface area contributed by atoms with Crippen LogP contribution in [-0.2, 0) is 16.1 Å². The predicted octanol–water partition coefficient (Wildman–Crippen LogP) is 1.55. The lowest BCUT2D eigenvalue weighted by atomic mass is 9.96. The van der Waals surface area contributed by atoms with Crippen LogP contribution in [0.5, 0.6) is 0 Å². The summed E-state index contributed by atoms with van der Waals surface area (Å²) in [4.78, 5) is 22.6. The summed E-state index contributed by atoms with van der Waals surface area (Å²) in [5.74, 6) is 1.51. The Morgan fingerprint density at radius 3 is 2.84 bits per heavy atom. The van der Waals surface area contributed by atoms with E-state index < -0.39 is 0 Å². The second-order valence-corrected chi connectivity index (χ2v) is 5.93. The zero-order valence-electron chi connectivity index (χ0n) is 14.4. The minimum absolute atomic E-state index is 0.117. The number of carbonyl (C=O) groups excluding carboxylic acids is 1. The third kappa shape index (κ3) is 4.23. The molecule has 3 heterocycles. The van der Waals surface area contributed by atoms with Crippen molar-refractivity contribution in [3.63, 3.8) is 0 Å². The average Bonchev–Trinajstić information content (AvgIpc) is 3.27. The van der Waals surface area contributed by atoms with Crippen LogP contribution in [0.25, 0.3) is 0 Å². The maximum atomic E-state index is 12.4. The fourth-order valence-corrected chi connectivity index (χ4v) is 2.79. The topological polar surface area (TPSA) is 104 Å². The molecule has 0 N–H and O–H groups in total. The van der Waals surface area contributed by atoms with Crippen LogP contribution in [0.1, 0.15) is 46.7 Å². The van der Waals surface area contributed by atoms with Crippen LogP contribution in [0.3, 0.4) is 0 Å². The average molecular weight is 350 g/mol. The molecule has 0 unspecified atom stereocenters. The minimum Gasteiger partial charge on any atom is -0.438 e. The third-order valence-electron chi connectivity index (χ3n) is 4.23. The maximum Gasteiger partial charge on any atom is 0.291 e. The lowest BCUT2D eigenvalue weighted by Gasteiger charge is -2.30. The molecule has 0 radical (unpaired) electrons. The Hall–Kier alpha value is -2.26. The predicted molar refractivity (Wildman–Crippen MR) is 84.9 cm³/mol. The molecule has 9 nitrogen and oxygen atoms in total. The summed E-state index contributed by atoms with van der Waals surface area (Å²) in [5, 5.41) is 4.04. The second-order valence-electron chi connectivity index (χ2n) is 5.93. The van der Waals surface area contributed by atoms with Crippen molar-refractivity contribution in [1.29, 1.82) is 0 Å². The van der Waals surface area contributed by atoms with Crippen LogP contribution in [-0.4, -0.2) is 59.3 Å². The number of hydrogen-bond acceptors (Lipinski definition) is 8. The Balaban J connectivity index is 1.50. The van der Waals surface area contributed by atoms with Crippen molar-refractivity contribution in [2.75, 3.05) is 33.4 Å². The number of methoxy groups -OCH3 is 1. The molecule has 2 aromatic rings. The number of oxazole rings is 1. The number of nitrogens with zero attached hydrogens (tertiary/aromatic N) is 4. The SMILES string of the molecule is COCCOCc1nc(C2CCN(C(=O)c3ocnc3C)CC2)no1. The van der Waals surface area contributed by atoms with Gasteiger partial charge in [0.2, 0.25) is 5.76 Å². The number of carbonyl (C=O) groups is 1. The Bertz CT molecular complexity index is 690. The molecule has 9 heteroatoms. The van der Waals surface area contributed by atoms with E-state index in [9.17, 15) is 4.79 Å². The number of piperidine rings is 1. The van der Waals surface area contributed by atoms with E-state index in [1.807, 2.05) is 0 Å². The van der Waals surface area contributed by atoms with Gasteiger partial charge in [-0.25, -0.2) is 4.98 Å². The standard InChI is InChI=1S/C16H22N4O5/c1-11-14(24-10-17-11)16(21)20-5-3-12(4-6-20)15-18-13(25-19-15)9-23-8-7-22-2/h10,12H,3-9H2,1-2H3. The molecule has 2 aromatic heterocycles. The summed E-state index contributed by atoms with van der Waals surface area (Å²) in [6.45, 7) is 4.29. The summed E-state index contributed by atoms with van der Waals surface area (Å²) in [5.41, 5.74) is 0.614. The zero-order valence-corrected chi connectivity index (χ0v) is 14.4. The molecule has 136 valence electrons. The highest BCUT2D eigenvalue weighted by Gasteiger charge is 2.29. The molecule has 0 saturated carbocycles. The first-order valence-electron chi connectivity index (χ1n) is 8.27. The van der Waals surface area contributed by atoms with E-state index in [1.165, 1.54) is 6.39 Å². The van der Waals surface area contributed by atoms with Gasteiger partial charge in [0.15, 0.2) is 12.2 Å². The highest BCUT2D eigenvalue weighted by molar-refractivity contribution is 5.92. The van der Waals surface area contributed by atoms with E-state index in [0.29, 0.717) is 49.5 Å². The van der Waals surface area contributed by atoms with Gasteiger partial charge in [-0.3, -0.25) is 4.79 Å². The fraction of sp³-hybridized carbons (Fsp3) is 0.625. The fourth-order valence-electron chi connectivity index (χ4n) is 2.79. The molecule has 0 aliphatic carbocycles. The molecule has 25 heavy (non-hydrogen) atoms. The highest BCUT2D eigenvalue weighted by atomic mass is 16.5. The summed E-state index contributed by atoms with van der Waals surface area (Å²) in [6.07, 6.45) is 2.86. The lowest BCUT2D eigenvalue weighted by molar-refractivity contribution is 0.0494. The van der Waals surface area contributed by atoms with Gasteiger partial charge in [-0.05, 0) is 19.8 Å². The lowest BCUT2D eigenvalue weighted by Crippen LogP contribution is -2.38. The maximum absolute atomic E-state index is 12.4. The van der Waals surface area contributed by atoms with E-state index >= 15 is 0 Å². The Morgan fingerprint density at radius 1 is 1.36 bits per heavy atom. The van der Waals surface area contributed by atoms with Crippen LogP contribution < -0.4 is 0 Å². The first kappa shape index (κ1) is 17.6. The van der Waals surface area contributed by atoms with Gasteiger partial charge in [-0.2, -0.15) is 4.98 Å². The Morgan fingerprint density at radius 2 is 2.16 bits per heavy atom. The number of ether oxygens (including phenoxy) is 2. The van der Waals surface area contributed by atoms with Crippen LogP contribution in [0, 0.1) is 6.92 Å². The molecule has 0 spiro atoms. The van der Waals surface area contributed by atoms with E-state index in [4.69, 9.17) is 18.4 Å². The molecule has 1 amide bonds. The van der Waals surface area contributed by atoms with E-state index in [1.54, 1.807) is 18.9 Å². The van der Waals surface area contributed by atoms with Crippen molar-refractivity contribution in [2.24, 2.45) is 0 Å². The molecular weight excluding hydrogens is 328 g/mol. The normalized spacial score (nSPS) is 15.7. The Kier molecular flexibility index (Phi) is 5.77. The Labute approximate surface area is 145 Å². The van der Waals surface area contributed by atoms with Crippen molar-refractivity contribution in [3.8, 4) is 0 Å². The number of amides is 1. The number of rotatable bonds is 7. The van der Waals surface area contributed by atoms with Gasteiger partial charge < -0.3 is 23.3 Å². The number of likely N-dealkylation sites (tertiary alicyclic amines) is 1. The van der Waals surface area contributed by atoms with Crippen molar-refractivity contribution < 1.29 is 23.2 Å². The van der Waals surface area contributed by atoms with Crippen molar-refractivity contribution in [2.45, 2.75) is 32.3 Å². The summed E-state index contributed by atoms with van der Waals surface area (Å²) >= 11 is 0. The monoisotopic (exact) mass is 350 g/mol. The summed E-state index contributed by atoms with van der Waals surface area (Å²) in [7, 11) is 1.62. The van der Waals surface area contributed by atoms with Gasteiger partial charge in [0.25, 0.3) is 11.8 Å². The molecule has 1 fully saturated rings. The largest absolute Gasteiger partial charge is 0.438 e. The molecule has 1 saturated heterocycles. The molecule has 1 aliphatic heterocycles. The molecule has 0 atom stereocenters. The molecule has 0 bridgehead atoms. The van der Waals surface area contributed by atoms with Crippen LogP contribution in [0.15, 0.2) is 15.3 Å². The zero-order chi connectivity index (χ0) is 17.6. The minimum atomic E-state index is -0.117. The van der Waals surface area contributed by atoms with E-state index in [2.05, 4.69) is 15.1 Å². The van der Waals surface area contributed by atoms with Gasteiger partial charge in [0.1, 0.15) is 6.61 Å². The quantitative estimate of drug-likeness (QED) is 0.693. The van der Waals surface area contributed by atoms with Crippen LogP contribution in [0.2, 0.25) is 0 Å². The van der Waals surface area contributed by atoms with Gasteiger partial charge in [-0.15, -0.1) is 0 Å². The molecule has 1 aliphatic rings. The van der Waals surface area contributed by atoms with Crippen LogP contribution >= 0.6 is 0 Å². The van der Waals surface area contributed by atoms with Gasteiger partial charge >= 0.3 is 0 Å². The number of aryl methyl sites for hydroxylation is 1. The first-order chi connectivity index (χ1) is 12.2. The van der Waals surface area contributed by atoms with E-state index in [-0.39, 0.29) is 18.4 Å². The summed E-state index contributed by atoms with van der Waals surface area (Å²) in [6, 6.07) is 0.